The van der Waals surface area contributed by atoms with Crippen LogP contribution in [-0.4, -0.2) is 65.7 Å². The molecule has 9 heteroatoms. The second-order valence-corrected chi connectivity index (χ2v) is 10.4. The van der Waals surface area contributed by atoms with Gasteiger partial charge in [-0.25, -0.2) is 0 Å². The molecular formula is C30H43N3O6. The number of carbonyl (C=O) groups is 4. The first-order valence-electron chi connectivity index (χ1n) is 13.5. The topological polar surface area (TPSA) is 125 Å². The fraction of sp³-hybridized carbons (Fsp3) is 0.533. The summed E-state index contributed by atoms with van der Waals surface area (Å²) in [5.74, 6) is -0.336. The van der Waals surface area contributed by atoms with Gasteiger partial charge in [-0.2, -0.15) is 0 Å². The maximum absolute atomic E-state index is 12.9. The second kappa shape index (κ2) is 16.0. The van der Waals surface area contributed by atoms with Gasteiger partial charge in [0.25, 0.3) is 5.91 Å². The van der Waals surface area contributed by atoms with Crippen molar-refractivity contribution in [1.82, 2.24) is 15.3 Å². The van der Waals surface area contributed by atoms with Gasteiger partial charge in [-0.3, -0.25) is 29.1 Å². The molecule has 9 nitrogen and oxygen atoms in total. The molecule has 0 aliphatic carbocycles. The summed E-state index contributed by atoms with van der Waals surface area (Å²) in [5.41, 5.74) is 2.06. The van der Waals surface area contributed by atoms with E-state index < -0.39 is 6.04 Å². The first-order chi connectivity index (χ1) is 18.5. The zero-order valence-electron chi connectivity index (χ0n) is 23.9. The minimum atomic E-state index is -0.479. The summed E-state index contributed by atoms with van der Waals surface area (Å²) in [7, 11) is 0. The number of carbonyl (C=O) groups excluding carboxylic acids is 4. The molecule has 2 heterocycles. The van der Waals surface area contributed by atoms with Crippen LogP contribution in [-0.2, 0) is 19.1 Å². The Kier molecular flexibility index (Phi) is 13.1. The molecule has 0 saturated heterocycles. The molecule has 2 aromatic rings. The van der Waals surface area contributed by atoms with Gasteiger partial charge in [-0.1, -0.05) is 41.5 Å². The molecule has 0 fully saturated rings. The molecule has 39 heavy (non-hydrogen) atoms. The van der Waals surface area contributed by atoms with Crippen LogP contribution in [0.3, 0.4) is 0 Å². The van der Waals surface area contributed by atoms with Crippen LogP contribution in [0.2, 0.25) is 0 Å². The Bertz CT molecular complexity index is 1070. The lowest BCUT2D eigenvalue weighted by Crippen LogP contribution is -2.42. The van der Waals surface area contributed by atoms with E-state index in [-0.39, 0.29) is 68.9 Å². The number of nitrogens with zero attached hydrogens (tertiary/aromatic N) is 2. The number of aromatic nitrogens is 2. The fourth-order valence-corrected chi connectivity index (χ4v) is 3.48. The standard InChI is InChI=1S/C30H41N3O6.H2/c1-19(2)27(34)11-13-38-17-24(18-39-14-12-28(35)20(3)4)33-30(37)23-8-10-26(32-16-23)25-9-7-22(15-31-25)29(36)21(5)6;/h7-10,15-16,19-21,24H,11-14,17-18H2,1-6H3,(H,33,37);1H. The van der Waals surface area contributed by atoms with E-state index >= 15 is 0 Å². The van der Waals surface area contributed by atoms with Gasteiger partial charge in [-0.05, 0) is 24.3 Å². The third kappa shape index (κ3) is 10.8. The van der Waals surface area contributed by atoms with Gasteiger partial charge in [0.2, 0.25) is 0 Å². The van der Waals surface area contributed by atoms with Crippen LogP contribution in [0.1, 0.15) is 76.5 Å². The molecule has 0 aliphatic rings. The number of nitrogens with one attached hydrogen (secondary N) is 1. The van der Waals surface area contributed by atoms with Crippen LogP contribution < -0.4 is 5.32 Å². The summed E-state index contributed by atoms with van der Waals surface area (Å²) in [5, 5.41) is 2.89. The number of hydrogen-bond donors (Lipinski definition) is 1. The molecule has 214 valence electrons. The molecule has 0 aromatic carbocycles. The summed E-state index contributed by atoms with van der Waals surface area (Å²) < 4.78 is 11.3. The Morgan fingerprint density at radius 2 is 1.18 bits per heavy atom. The Morgan fingerprint density at radius 1 is 0.718 bits per heavy atom. The molecule has 2 aromatic heterocycles. The number of Topliss-reactive ketones (excluding diaryl/α,β-unsaturated/α-hetero) is 3. The number of amides is 1. The number of ketones is 3. The molecule has 0 aliphatic heterocycles. The molecule has 0 atom stereocenters. The lowest BCUT2D eigenvalue weighted by molar-refractivity contribution is -0.123. The number of hydrogen-bond acceptors (Lipinski definition) is 8. The van der Waals surface area contributed by atoms with E-state index in [0.29, 0.717) is 35.4 Å². The van der Waals surface area contributed by atoms with Crippen LogP contribution in [0.25, 0.3) is 11.4 Å². The van der Waals surface area contributed by atoms with Gasteiger partial charge in [0.05, 0.1) is 49.4 Å². The average Bonchev–Trinajstić information content (AvgIpc) is 2.92. The SMILES string of the molecule is CC(C)C(=O)CCOCC(COCCC(=O)C(C)C)NC(=O)c1ccc(-c2ccc(C(=O)C(C)C)cn2)nc1.[HH]. The fourth-order valence-electron chi connectivity index (χ4n) is 3.48. The van der Waals surface area contributed by atoms with Crippen molar-refractivity contribution in [2.24, 2.45) is 17.8 Å². The Hall–Kier alpha value is -3.30. The largest absolute Gasteiger partial charge is 0.379 e. The zero-order chi connectivity index (χ0) is 28.9. The van der Waals surface area contributed by atoms with E-state index in [2.05, 4.69) is 15.3 Å². The Morgan fingerprint density at radius 3 is 1.56 bits per heavy atom. The maximum atomic E-state index is 12.9. The van der Waals surface area contributed by atoms with Crippen LogP contribution in [0.5, 0.6) is 0 Å². The second-order valence-electron chi connectivity index (χ2n) is 10.4. The first kappa shape index (κ1) is 31.9. The highest BCUT2D eigenvalue weighted by Crippen LogP contribution is 2.16. The Balaban J connectivity index is 0.00000800. The zero-order valence-corrected chi connectivity index (χ0v) is 23.9. The lowest BCUT2D eigenvalue weighted by Gasteiger charge is -2.19. The molecule has 0 radical (unpaired) electrons. The molecule has 1 N–H and O–H groups in total. The van der Waals surface area contributed by atoms with Crippen molar-refractivity contribution in [1.29, 1.82) is 0 Å². The van der Waals surface area contributed by atoms with E-state index in [1.165, 1.54) is 12.4 Å². The third-order valence-corrected chi connectivity index (χ3v) is 6.11. The van der Waals surface area contributed by atoms with Gasteiger partial charge in [-0.15, -0.1) is 0 Å². The highest BCUT2D eigenvalue weighted by Gasteiger charge is 2.17. The van der Waals surface area contributed by atoms with Gasteiger partial charge < -0.3 is 14.8 Å². The maximum Gasteiger partial charge on any atom is 0.253 e. The minimum Gasteiger partial charge on any atom is -0.379 e. The number of pyridine rings is 2. The van der Waals surface area contributed by atoms with Crippen molar-refractivity contribution >= 4 is 23.3 Å². The lowest BCUT2D eigenvalue weighted by atomic mass is 10.0. The molecule has 0 unspecified atom stereocenters. The molecule has 0 spiro atoms. The van der Waals surface area contributed by atoms with E-state index in [9.17, 15) is 19.2 Å². The highest BCUT2D eigenvalue weighted by molar-refractivity contribution is 5.97. The first-order valence-corrected chi connectivity index (χ1v) is 13.5. The quantitative estimate of drug-likeness (QED) is 0.228. The van der Waals surface area contributed by atoms with Crippen molar-refractivity contribution in [3.63, 3.8) is 0 Å². The summed E-state index contributed by atoms with van der Waals surface area (Å²) >= 11 is 0. The van der Waals surface area contributed by atoms with Crippen LogP contribution >= 0.6 is 0 Å². The Labute approximate surface area is 232 Å². The molecule has 1 amide bonds. The van der Waals surface area contributed by atoms with Crippen LogP contribution in [0.15, 0.2) is 36.7 Å². The predicted molar refractivity (Wildman–Crippen MR) is 151 cm³/mol. The molecule has 2 rings (SSSR count). The van der Waals surface area contributed by atoms with Crippen molar-refractivity contribution < 1.29 is 30.1 Å². The van der Waals surface area contributed by atoms with Gasteiger partial charge >= 0.3 is 0 Å². The summed E-state index contributed by atoms with van der Waals surface area (Å²) in [6.45, 7) is 11.9. The van der Waals surface area contributed by atoms with Crippen molar-refractivity contribution in [3.05, 3.63) is 47.8 Å². The summed E-state index contributed by atoms with van der Waals surface area (Å²) in [4.78, 5) is 57.5. The minimum absolute atomic E-state index is 0. The summed E-state index contributed by atoms with van der Waals surface area (Å²) in [6, 6.07) is 6.32. The number of rotatable bonds is 17. The molecule has 0 bridgehead atoms. The van der Waals surface area contributed by atoms with Gasteiger partial charge in [0.1, 0.15) is 11.6 Å². The number of ether oxygens (including phenoxy) is 2. The van der Waals surface area contributed by atoms with Gasteiger partial charge in [0, 0.05) is 50.0 Å². The van der Waals surface area contributed by atoms with Crippen LogP contribution in [0, 0.1) is 17.8 Å². The van der Waals surface area contributed by atoms with Crippen LogP contribution in [0.4, 0.5) is 0 Å². The summed E-state index contributed by atoms with van der Waals surface area (Å²) in [6.07, 6.45) is 3.59. The average molecular weight is 542 g/mol. The predicted octanol–water partition coefficient (Wildman–Crippen LogP) is 4.59. The molecule has 0 saturated carbocycles. The van der Waals surface area contributed by atoms with E-state index in [0.717, 1.165) is 0 Å². The van der Waals surface area contributed by atoms with E-state index in [4.69, 9.17) is 9.47 Å². The third-order valence-electron chi connectivity index (χ3n) is 6.11. The van der Waals surface area contributed by atoms with Crippen molar-refractivity contribution in [2.45, 2.75) is 60.4 Å². The van der Waals surface area contributed by atoms with E-state index in [1.54, 1.807) is 24.3 Å². The van der Waals surface area contributed by atoms with Crippen molar-refractivity contribution in [2.75, 3.05) is 26.4 Å². The highest BCUT2D eigenvalue weighted by atomic mass is 16.5. The normalized spacial score (nSPS) is 11.4. The van der Waals surface area contributed by atoms with Crippen molar-refractivity contribution in [3.8, 4) is 11.4 Å². The monoisotopic (exact) mass is 541 g/mol. The van der Waals surface area contributed by atoms with Gasteiger partial charge in [0.15, 0.2) is 5.78 Å². The smallest absolute Gasteiger partial charge is 0.253 e. The molecular weight excluding hydrogens is 498 g/mol. The van der Waals surface area contributed by atoms with E-state index in [1.807, 2.05) is 41.5 Å².